The number of nitrogens with one attached hydrogen (secondary N) is 2. The van der Waals surface area contributed by atoms with Crippen molar-refractivity contribution in [3.05, 3.63) is 28.2 Å². The summed E-state index contributed by atoms with van der Waals surface area (Å²) in [6.45, 7) is 3.90. The van der Waals surface area contributed by atoms with E-state index in [0.29, 0.717) is 21.7 Å². The summed E-state index contributed by atoms with van der Waals surface area (Å²) in [4.78, 5) is 11.9. The molecule has 2 unspecified atom stereocenters. The summed E-state index contributed by atoms with van der Waals surface area (Å²) in [5.41, 5.74) is 0. The summed E-state index contributed by atoms with van der Waals surface area (Å²) in [7, 11) is 0. The Hall–Kier alpha value is -0.970. The lowest BCUT2D eigenvalue weighted by molar-refractivity contribution is -0.124. The van der Waals surface area contributed by atoms with Gasteiger partial charge in [0, 0.05) is 17.6 Å². The van der Waals surface area contributed by atoms with Gasteiger partial charge in [0.2, 0.25) is 0 Å². The largest absolute Gasteiger partial charge is 0.482 e. The van der Waals surface area contributed by atoms with Gasteiger partial charge in [-0.3, -0.25) is 4.79 Å². The van der Waals surface area contributed by atoms with Crippen LogP contribution in [-0.2, 0) is 4.79 Å². The first-order valence-corrected chi connectivity index (χ1v) is 7.40. The van der Waals surface area contributed by atoms with Crippen LogP contribution in [-0.4, -0.2) is 31.6 Å². The average Bonchev–Trinajstić information content (AvgIpc) is 2.40. The normalized spacial score (nSPS) is 22.4. The number of carbonyl (C=O) groups excluding carboxylic acids is 1. The van der Waals surface area contributed by atoms with Crippen LogP contribution in [0.4, 0.5) is 0 Å². The third-order valence-corrected chi connectivity index (χ3v) is 3.96. The molecule has 2 N–H and O–H groups in total. The van der Waals surface area contributed by atoms with E-state index >= 15 is 0 Å². The van der Waals surface area contributed by atoms with E-state index in [2.05, 4.69) is 17.6 Å². The van der Waals surface area contributed by atoms with Crippen molar-refractivity contribution in [1.82, 2.24) is 10.6 Å². The van der Waals surface area contributed by atoms with Gasteiger partial charge >= 0.3 is 0 Å². The molecule has 4 nitrogen and oxygen atoms in total. The highest BCUT2D eigenvalue weighted by molar-refractivity contribution is 6.35. The third-order valence-electron chi connectivity index (χ3n) is 3.43. The molecule has 0 aromatic heterocycles. The van der Waals surface area contributed by atoms with Gasteiger partial charge in [0.05, 0.1) is 5.02 Å². The molecule has 1 amide bonds. The smallest absolute Gasteiger partial charge is 0.258 e. The molecule has 1 aliphatic heterocycles. The molecule has 1 aromatic rings. The maximum Gasteiger partial charge on any atom is 0.258 e. The zero-order chi connectivity index (χ0) is 14.5. The number of halogens is 2. The summed E-state index contributed by atoms with van der Waals surface area (Å²) >= 11 is 11.8. The van der Waals surface area contributed by atoms with Crippen molar-refractivity contribution >= 4 is 29.1 Å². The Bertz CT molecular complexity index is 482. The first-order chi connectivity index (χ1) is 9.56. The first-order valence-electron chi connectivity index (χ1n) is 6.64. The number of rotatable bonds is 4. The molecule has 1 heterocycles. The van der Waals surface area contributed by atoms with Gasteiger partial charge in [0.1, 0.15) is 5.75 Å². The molecule has 1 aliphatic rings. The monoisotopic (exact) mass is 316 g/mol. The zero-order valence-electron chi connectivity index (χ0n) is 11.3. The summed E-state index contributed by atoms with van der Waals surface area (Å²) in [6.07, 6.45) is 1.06. The van der Waals surface area contributed by atoms with Crippen LogP contribution in [0.3, 0.4) is 0 Å². The molecule has 0 aliphatic carbocycles. The minimum Gasteiger partial charge on any atom is -0.482 e. The molecule has 110 valence electrons. The van der Waals surface area contributed by atoms with Gasteiger partial charge in [-0.15, -0.1) is 0 Å². The van der Waals surface area contributed by atoms with Crippen LogP contribution in [0.15, 0.2) is 18.2 Å². The van der Waals surface area contributed by atoms with Crippen LogP contribution < -0.4 is 15.4 Å². The number of amides is 1. The Morgan fingerprint density at radius 1 is 1.50 bits per heavy atom. The summed E-state index contributed by atoms with van der Waals surface area (Å²) in [6, 6.07) is 5.07. The number of ether oxygens (including phenoxy) is 1. The van der Waals surface area contributed by atoms with Crippen LogP contribution in [0.25, 0.3) is 0 Å². The molecule has 20 heavy (non-hydrogen) atoms. The Kier molecular flexibility index (Phi) is 5.52. The first kappa shape index (κ1) is 15.4. The predicted octanol–water partition coefficient (Wildman–Crippen LogP) is 2.49. The minimum absolute atomic E-state index is 0.0510. The molecular formula is C14H18Cl2N2O2. The van der Waals surface area contributed by atoms with E-state index in [1.807, 2.05) is 0 Å². The number of benzene rings is 1. The minimum atomic E-state index is -0.142. The summed E-state index contributed by atoms with van der Waals surface area (Å²) in [5, 5.41) is 7.18. The quantitative estimate of drug-likeness (QED) is 0.897. The Balaban J connectivity index is 1.82. The number of piperidine rings is 1. The lowest BCUT2D eigenvalue weighted by Crippen LogP contribution is -2.51. The molecule has 1 fully saturated rings. The highest BCUT2D eigenvalue weighted by Gasteiger charge is 2.22. The van der Waals surface area contributed by atoms with Gasteiger partial charge in [-0.25, -0.2) is 0 Å². The van der Waals surface area contributed by atoms with E-state index in [-0.39, 0.29) is 18.6 Å². The third kappa shape index (κ3) is 4.27. The summed E-state index contributed by atoms with van der Waals surface area (Å²) < 4.78 is 5.41. The van der Waals surface area contributed by atoms with Gasteiger partial charge in [-0.1, -0.05) is 30.1 Å². The van der Waals surface area contributed by atoms with Crippen molar-refractivity contribution in [2.75, 3.05) is 19.7 Å². The predicted molar refractivity (Wildman–Crippen MR) is 80.5 cm³/mol. The molecular weight excluding hydrogens is 299 g/mol. The van der Waals surface area contributed by atoms with E-state index < -0.39 is 0 Å². The molecule has 0 radical (unpaired) electrons. The van der Waals surface area contributed by atoms with E-state index in [0.717, 1.165) is 19.5 Å². The van der Waals surface area contributed by atoms with Crippen molar-refractivity contribution in [2.45, 2.75) is 19.4 Å². The number of hydrogen-bond acceptors (Lipinski definition) is 3. The fourth-order valence-electron chi connectivity index (χ4n) is 2.17. The van der Waals surface area contributed by atoms with E-state index in [4.69, 9.17) is 27.9 Å². The summed E-state index contributed by atoms with van der Waals surface area (Å²) in [5.74, 6) is 0.789. The van der Waals surface area contributed by atoms with Gasteiger partial charge < -0.3 is 15.4 Å². The van der Waals surface area contributed by atoms with Crippen molar-refractivity contribution in [1.29, 1.82) is 0 Å². The topological polar surface area (TPSA) is 50.4 Å². The maximum atomic E-state index is 11.9. The lowest BCUT2D eigenvalue weighted by atomic mass is 9.95. The lowest BCUT2D eigenvalue weighted by Gasteiger charge is -2.30. The van der Waals surface area contributed by atoms with Gasteiger partial charge in [-0.2, -0.15) is 0 Å². The molecule has 0 spiro atoms. The van der Waals surface area contributed by atoms with Crippen molar-refractivity contribution in [2.24, 2.45) is 5.92 Å². The fraction of sp³-hybridized carbons (Fsp3) is 0.500. The van der Waals surface area contributed by atoms with Crippen LogP contribution in [0.2, 0.25) is 10.0 Å². The van der Waals surface area contributed by atoms with Crippen molar-refractivity contribution in [3.63, 3.8) is 0 Å². The van der Waals surface area contributed by atoms with Crippen LogP contribution in [0.5, 0.6) is 5.75 Å². The molecule has 0 saturated carbocycles. The van der Waals surface area contributed by atoms with Gasteiger partial charge in [-0.05, 0) is 37.1 Å². The standard InChI is InChI=1S/C14H18Cl2N2O2/c1-9-4-5-17-7-12(9)18-14(19)8-20-13-3-2-10(15)6-11(13)16/h2-3,6,9,12,17H,4-5,7-8H2,1H3,(H,18,19). The van der Waals surface area contributed by atoms with E-state index in [1.165, 1.54) is 0 Å². The van der Waals surface area contributed by atoms with E-state index in [1.54, 1.807) is 18.2 Å². The van der Waals surface area contributed by atoms with Gasteiger partial charge in [0.25, 0.3) is 5.91 Å². The highest BCUT2D eigenvalue weighted by Crippen LogP contribution is 2.27. The molecule has 6 heteroatoms. The molecule has 2 rings (SSSR count). The second-order valence-electron chi connectivity index (χ2n) is 5.01. The second-order valence-corrected chi connectivity index (χ2v) is 5.85. The van der Waals surface area contributed by atoms with Crippen molar-refractivity contribution in [3.8, 4) is 5.75 Å². The number of carbonyl (C=O) groups is 1. The molecule has 1 saturated heterocycles. The zero-order valence-corrected chi connectivity index (χ0v) is 12.8. The molecule has 1 aromatic carbocycles. The van der Waals surface area contributed by atoms with E-state index in [9.17, 15) is 4.79 Å². The number of hydrogen-bond donors (Lipinski definition) is 2. The van der Waals surface area contributed by atoms with Crippen LogP contribution >= 0.6 is 23.2 Å². The van der Waals surface area contributed by atoms with Crippen LogP contribution in [0, 0.1) is 5.92 Å². The van der Waals surface area contributed by atoms with Crippen LogP contribution in [0.1, 0.15) is 13.3 Å². The Morgan fingerprint density at radius 2 is 2.30 bits per heavy atom. The Morgan fingerprint density at radius 3 is 3.00 bits per heavy atom. The Labute approximate surface area is 128 Å². The SMILES string of the molecule is CC1CCNCC1NC(=O)COc1ccc(Cl)cc1Cl. The average molecular weight is 317 g/mol. The highest BCUT2D eigenvalue weighted by atomic mass is 35.5. The van der Waals surface area contributed by atoms with Gasteiger partial charge in [0.15, 0.2) is 6.61 Å². The fourth-order valence-corrected chi connectivity index (χ4v) is 2.63. The second kappa shape index (κ2) is 7.16. The van der Waals surface area contributed by atoms with Crippen molar-refractivity contribution < 1.29 is 9.53 Å². The maximum absolute atomic E-state index is 11.9. The molecule has 2 atom stereocenters. The molecule has 0 bridgehead atoms.